The highest BCUT2D eigenvalue weighted by atomic mass is 19.2. The molecule has 0 aromatic heterocycles. The molecule has 1 saturated heterocycles. The van der Waals surface area contributed by atoms with Gasteiger partial charge in [-0.05, 0) is 44.1 Å². The number of hydrogen-bond acceptors (Lipinski definition) is 2. The van der Waals surface area contributed by atoms with E-state index in [1.54, 1.807) is 0 Å². The van der Waals surface area contributed by atoms with Crippen molar-refractivity contribution in [3.05, 3.63) is 35.1 Å². The summed E-state index contributed by atoms with van der Waals surface area (Å²) in [6.07, 6.45) is 3.13. The van der Waals surface area contributed by atoms with Crippen molar-refractivity contribution in [2.24, 2.45) is 5.92 Å². The molecule has 2 nitrogen and oxygen atoms in total. The molecule has 0 radical (unpaired) electrons. The molecular weight excluding hydrogens is 269 g/mol. The van der Waals surface area contributed by atoms with Gasteiger partial charge in [0.15, 0.2) is 11.6 Å². The summed E-state index contributed by atoms with van der Waals surface area (Å²) in [7, 11) is 0. The second kappa shape index (κ2) is 5.04. The average molecular weight is 286 g/mol. The van der Waals surface area contributed by atoms with Gasteiger partial charge in [0, 0.05) is 18.2 Å². The Morgan fingerprint density at radius 2 is 1.85 bits per heavy atom. The molecular formula is C15H17F3O2. The topological polar surface area (TPSA) is 29.5 Å². The van der Waals surface area contributed by atoms with Crippen LogP contribution >= 0.6 is 0 Å². The maximum Gasteiger partial charge on any atom is 0.161 e. The van der Waals surface area contributed by atoms with Crippen molar-refractivity contribution >= 4 is 0 Å². The highest BCUT2D eigenvalue weighted by Crippen LogP contribution is 2.47. The Bertz CT molecular complexity index is 514. The maximum atomic E-state index is 13.7. The van der Waals surface area contributed by atoms with E-state index >= 15 is 0 Å². The van der Waals surface area contributed by atoms with Crippen LogP contribution in [0.4, 0.5) is 13.2 Å². The van der Waals surface area contributed by atoms with Crippen LogP contribution in [0.15, 0.2) is 12.1 Å². The zero-order chi connectivity index (χ0) is 14.3. The molecule has 20 heavy (non-hydrogen) atoms. The van der Waals surface area contributed by atoms with Gasteiger partial charge in [0.25, 0.3) is 0 Å². The van der Waals surface area contributed by atoms with Crippen LogP contribution in [0.1, 0.15) is 43.8 Å². The molecule has 3 rings (SSSR count). The summed E-state index contributed by atoms with van der Waals surface area (Å²) in [6, 6.07) is 1.25. The first-order valence-corrected chi connectivity index (χ1v) is 6.97. The lowest BCUT2D eigenvalue weighted by Crippen LogP contribution is -2.46. The van der Waals surface area contributed by atoms with Gasteiger partial charge in [-0.15, -0.1) is 0 Å². The van der Waals surface area contributed by atoms with Crippen LogP contribution in [0.3, 0.4) is 0 Å². The number of ether oxygens (including phenoxy) is 1. The smallest absolute Gasteiger partial charge is 0.161 e. The monoisotopic (exact) mass is 286 g/mol. The Labute approximate surface area is 115 Å². The van der Waals surface area contributed by atoms with E-state index < -0.39 is 23.6 Å². The normalized spacial score (nSPS) is 26.3. The molecule has 1 spiro atoms. The highest BCUT2D eigenvalue weighted by Gasteiger charge is 2.44. The van der Waals surface area contributed by atoms with Crippen molar-refractivity contribution < 1.29 is 23.0 Å². The summed E-state index contributed by atoms with van der Waals surface area (Å²) >= 11 is 0. The van der Waals surface area contributed by atoms with Crippen molar-refractivity contribution in [1.82, 2.24) is 0 Å². The van der Waals surface area contributed by atoms with Crippen LogP contribution in [0.2, 0.25) is 0 Å². The van der Waals surface area contributed by atoms with Gasteiger partial charge in [0.2, 0.25) is 0 Å². The molecule has 1 N–H and O–H groups in total. The minimum atomic E-state index is -1.24. The fraction of sp³-hybridized carbons (Fsp3) is 0.600. The Balaban J connectivity index is 1.81. The van der Waals surface area contributed by atoms with Gasteiger partial charge in [-0.3, -0.25) is 0 Å². The average Bonchev–Trinajstić information content (AvgIpc) is 2.40. The number of hydrogen-bond donors (Lipinski definition) is 1. The van der Waals surface area contributed by atoms with Gasteiger partial charge in [-0.25, -0.2) is 13.2 Å². The van der Waals surface area contributed by atoms with E-state index in [9.17, 15) is 18.3 Å². The molecule has 1 aliphatic carbocycles. The predicted octanol–water partition coefficient (Wildman–Crippen LogP) is 3.49. The van der Waals surface area contributed by atoms with Crippen molar-refractivity contribution in [3.8, 4) is 0 Å². The predicted molar refractivity (Wildman–Crippen MR) is 66.5 cm³/mol. The fourth-order valence-corrected chi connectivity index (χ4v) is 3.27. The van der Waals surface area contributed by atoms with E-state index in [0.717, 1.165) is 25.3 Å². The second-order valence-electron chi connectivity index (χ2n) is 5.87. The molecule has 0 bridgehead atoms. The first-order valence-electron chi connectivity index (χ1n) is 6.97. The van der Waals surface area contributed by atoms with Gasteiger partial charge in [-0.1, -0.05) is 0 Å². The van der Waals surface area contributed by atoms with Crippen LogP contribution in [-0.2, 0) is 4.74 Å². The minimum Gasteiger partial charge on any atom is -0.388 e. The van der Waals surface area contributed by atoms with Crippen molar-refractivity contribution in [1.29, 1.82) is 0 Å². The molecule has 110 valence electrons. The maximum absolute atomic E-state index is 13.7. The van der Waals surface area contributed by atoms with Gasteiger partial charge in [0.05, 0.1) is 11.7 Å². The van der Waals surface area contributed by atoms with Crippen LogP contribution in [0, 0.1) is 23.4 Å². The Morgan fingerprint density at radius 1 is 1.15 bits per heavy atom. The number of halogens is 3. The number of benzene rings is 1. The third-order valence-corrected chi connectivity index (χ3v) is 4.60. The summed E-state index contributed by atoms with van der Waals surface area (Å²) < 4.78 is 45.7. The Hall–Kier alpha value is -1.07. The van der Waals surface area contributed by atoms with E-state index in [2.05, 4.69) is 0 Å². The van der Waals surface area contributed by atoms with Crippen LogP contribution in [0.5, 0.6) is 0 Å². The molecule has 1 aliphatic heterocycles. The molecule has 2 aliphatic rings. The summed E-state index contributed by atoms with van der Waals surface area (Å²) in [5.41, 5.74) is -0.343. The molecule has 1 saturated carbocycles. The van der Waals surface area contributed by atoms with Crippen LogP contribution in [-0.4, -0.2) is 17.3 Å². The van der Waals surface area contributed by atoms with E-state index in [-0.39, 0.29) is 17.1 Å². The molecule has 1 aromatic carbocycles. The lowest BCUT2D eigenvalue weighted by Gasteiger charge is -2.48. The van der Waals surface area contributed by atoms with Crippen LogP contribution in [0.25, 0.3) is 0 Å². The molecule has 2 fully saturated rings. The van der Waals surface area contributed by atoms with E-state index in [1.807, 2.05) is 0 Å². The molecule has 2 atom stereocenters. The standard InChI is InChI=1S/C15H17F3O2/c16-11-7-13(18)12(17)6-10(11)14(19)9-2-5-20-15(8-9)3-1-4-15/h6-7,9,14,19H,1-5,8H2. The van der Waals surface area contributed by atoms with Gasteiger partial charge < -0.3 is 9.84 Å². The van der Waals surface area contributed by atoms with Gasteiger partial charge in [-0.2, -0.15) is 0 Å². The zero-order valence-electron chi connectivity index (χ0n) is 11.0. The van der Waals surface area contributed by atoms with Crippen molar-refractivity contribution in [2.45, 2.75) is 43.8 Å². The minimum absolute atomic E-state index is 0.162. The first-order chi connectivity index (χ1) is 9.51. The van der Waals surface area contributed by atoms with E-state index in [0.29, 0.717) is 25.5 Å². The third kappa shape index (κ3) is 2.33. The number of rotatable bonds is 2. The van der Waals surface area contributed by atoms with E-state index in [1.165, 1.54) is 0 Å². The molecule has 0 amide bonds. The lowest BCUT2D eigenvalue weighted by atomic mass is 9.70. The summed E-state index contributed by atoms with van der Waals surface area (Å²) in [5, 5.41) is 10.3. The number of aliphatic hydroxyl groups excluding tert-OH is 1. The van der Waals surface area contributed by atoms with Crippen molar-refractivity contribution in [3.63, 3.8) is 0 Å². The Kier molecular flexibility index (Phi) is 3.50. The van der Waals surface area contributed by atoms with Crippen LogP contribution < -0.4 is 0 Å². The molecule has 5 heteroatoms. The summed E-state index contributed by atoms with van der Waals surface area (Å²) in [4.78, 5) is 0. The first kappa shape index (κ1) is 13.9. The van der Waals surface area contributed by atoms with Crippen molar-refractivity contribution in [2.75, 3.05) is 6.61 Å². The quantitative estimate of drug-likeness (QED) is 0.843. The summed E-state index contributed by atoms with van der Waals surface area (Å²) in [6.45, 7) is 0.521. The number of aliphatic hydroxyl groups is 1. The second-order valence-corrected chi connectivity index (χ2v) is 5.87. The largest absolute Gasteiger partial charge is 0.388 e. The fourth-order valence-electron chi connectivity index (χ4n) is 3.27. The molecule has 1 aromatic rings. The Morgan fingerprint density at radius 3 is 2.50 bits per heavy atom. The van der Waals surface area contributed by atoms with Gasteiger partial charge >= 0.3 is 0 Å². The molecule has 2 unspecified atom stereocenters. The summed E-state index contributed by atoms with van der Waals surface area (Å²) in [5.74, 6) is -3.44. The zero-order valence-corrected chi connectivity index (χ0v) is 11.0. The third-order valence-electron chi connectivity index (χ3n) is 4.60. The SMILES string of the molecule is OC(c1cc(F)c(F)cc1F)C1CCOC2(CCC2)C1. The van der Waals surface area contributed by atoms with Gasteiger partial charge in [0.1, 0.15) is 5.82 Å². The van der Waals surface area contributed by atoms with E-state index in [4.69, 9.17) is 4.74 Å². The highest BCUT2D eigenvalue weighted by molar-refractivity contribution is 5.23. The molecule has 1 heterocycles. The lowest BCUT2D eigenvalue weighted by molar-refractivity contribution is -0.157.